The third-order valence-corrected chi connectivity index (χ3v) is 4.84. The summed E-state index contributed by atoms with van der Waals surface area (Å²) < 4.78 is 10.5. The van der Waals surface area contributed by atoms with Gasteiger partial charge in [0, 0.05) is 38.4 Å². The molecule has 2 aliphatic heterocycles. The van der Waals surface area contributed by atoms with Crippen LogP contribution in [0.5, 0.6) is 5.75 Å². The number of nitrogens with zero attached hydrogens (tertiary/aromatic N) is 6. The van der Waals surface area contributed by atoms with Gasteiger partial charge in [-0.15, -0.1) is 0 Å². The van der Waals surface area contributed by atoms with Crippen LogP contribution in [0.2, 0.25) is 0 Å². The number of nitrogens with one attached hydrogen (secondary N) is 1. The van der Waals surface area contributed by atoms with Crippen molar-refractivity contribution in [1.82, 2.24) is 19.9 Å². The summed E-state index contributed by atoms with van der Waals surface area (Å²) in [6, 6.07) is 2.21. The second kappa shape index (κ2) is 8.34. The average molecular weight is 371 g/mol. The topological polar surface area (TPSA) is 88.5 Å². The third kappa shape index (κ3) is 4.36. The van der Waals surface area contributed by atoms with Gasteiger partial charge in [-0.05, 0) is 18.9 Å². The van der Waals surface area contributed by atoms with Gasteiger partial charge >= 0.3 is 0 Å². The number of rotatable bonds is 5. The van der Waals surface area contributed by atoms with Gasteiger partial charge in [0.2, 0.25) is 11.9 Å². The largest absolute Gasteiger partial charge is 0.494 e. The lowest BCUT2D eigenvalue weighted by Crippen LogP contribution is -2.43. The second-order valence-corrected chi connectivity index (χ2v) is 6.69. The summed E-state index contributed by atoms with van der Waals surface area (Å²) in [6.45, 7) is 4.89. The highest BCUT2D eigenvalue weighted by Gasteiger charge is 2.22. The number of anilines is 3. The molecular formula is C18H25N7O2. The lowest BCUT2D eigenvalue weighted by molar-refractivity contribution is 0.122. The summed E-state index contributed by atoms with van der Waals surface area (Å²) in [6.07, 6.45) is 7.39. The van der Waals surface area contributed by atoms with Crippen LogP contribution in [0.25, 0.3) is 0 Å². The maximum absolute atomic E-state index is 5.40. The molecule has 0 spiro atoms. The first-order valence-corrected chi connectivity index (χ1v) is 9.35. The van der Waals surface area contributed by atoms with Crippen LogP contribution in [0.3, 0.4) is 0 Å². The number of morpholine rings is 1. The first-order chi connectivity index (χ1) is 13.3. The van der Waals surface area contributed by atoms with Crippen molar-refractivity contribution in [3.05, 3.63) is 24.7 Å². The van der Waals surface area contributed by atoms with E-state index in [4.69, 9.17) is 14.5 Å². The van der Waals surface area contributed by atoms with Crippen molar-refractivity contribution < 1.29 is 9.47 Å². The minimum Gasteiger partial charge on any atom is -0.494 e. The molecule has 2 saturated heterocycles. The molecule has 0 amide bonds. The van der Waals surface area contributed by atoms with Crippen LogP contribution in [0, 0.1) is 0 Å². The molecule has 2 fully saturated rings. The molecule has 1 atom stereocenters. The van der Waals surface area contributed by atoms with Crippen LogP contribution in [-0.2, 0) is 4.74 Å². The molecule has 27 heavy (non-hydrogen) atoms. The lowest BCUT2D eigenvalue weighted by Gasteiger charge is -2.33. The van der Waals surface area contributed by atoms with E-state index in [-0.39, 0.29) is 6.04 Å². The zero-order chi connectivity index (χ0) is 18.5. The highest BCUT2D eigenvalue weighted by atomic mass is 16.5. The summed E-state index contributed by atoms with van der Waals surface area (Å²) in [5, 5.41) is 3.55. The fourth-order valence-electron chi connectivity index (χ4n) is 3.41. The number of hydrogen-bond donors (Lipinski definition) is 1. The standard InChI is InChI=1S/C18H25N7O2/c1-26-15-11-20-17(21-12-15)25-6-2-3-14(13-25)22-16-4-5-19-18(23-16)24-7-9-27-10-8-24/h4-5,11-12,14H,2-3,6-10,13H2,1H3,(H,19,22,23). The van der Waals surface area contributed by atoms with E-state index in [1.54, 1.807) is 19.5 Å². The summed E-state index contributed by atoms with van der Waals surface area (Å²) in [5.41, 5.74) is 0. The Balaban J connectivity index is 1.40. The van der Waals surface area contributed by atoms with E-state index in [0.717, 1.165) is 69.9 Å². The van der Waals surface area contributed by atoms with Crippen molar-refractivity contribution in [2.45, 2.75) is 18.9 Å². The minimum absolute atomic E-state index is 0.289. The Labute approximate surface area is 158 Å². The van der Waals surface area contributed by atoms with Crippen LogP contribution in [0.1, 0.15) is 12.8 Å². The molecule has 1 unspecified atom stereocenters. The average Bonchev–Trinajstić information content (AvgIpc) is 2.75. The Hall–Kier alpha value is -2.68. The first-order valence-electron chi connectivity index (χ1n) is 9.35. The second-order valence-electron chi connectivity index (χ2n) is 6.69. The predicted molar refractivity (Wildman–Crippen MR) is 103 cm³/mol. The van der Waals surface area contributed by atoms with Crippen molar-refractivity contribution in [1.29, 1.82) is 0 Å². The SMILES string of the molecule is COc1cnc(N2CCCC(Nc3ccnc(N4CCOCC4)n3)C2)nc1. The number of ether oxygens (including phenoxy) is 2. The molecular weight excluding hydrogens is 346 g/mol. The van der Waals surface area contributed by atoms with E-state index in [2.05, 4.69) is 30.1 Å². The van der Waals surface area contributed by atoms with E-state index in [9.17, 15) is 0 Å². The Morgan fingerprint density at radius 1 is 1.07 bits per heavy atom. The van der Waals surface area contributed by atoms with Crippen LogP contribution < -0.4 is 19.9 Å². The molecule has 0 bridgehead atoms. The number of piperidine rings is 1. The normalized spacial score (nSPS) is 20.4. The zero-order valence-electron chi connectivity index (χ0n) is 15.5. The lowest BCUT2D eigenvalue weighted by atomic mass is 10.1. The fourth-order valence-corrected chi connectivity index (χ4v) is 3.41. The highest BCUT2D eigenvalue weighted by molar-refractivity contribution is 5.43. The van der Waals surface area contributed by atoms with Gasteiger partial charge in [-0.25, -0.2) is 15.0 Å². The Morgan fingerprint density at radius 3 is 2.67 bits per heavy atom. The van der Waals surface area contributed by atoms with E-state index >= 15 is 0 Å². The minimum atomic E-state index is 0.289. The van der Waals surface area contributed by atoms with E-state index in [0.29, 0.717) is 5.75 Å². The molecule has 144 valence electrons. The van der Waals surface area contributed by atoms with Gasteiger partial charge in [0.1, 0.15) is 5.82 Å². The van der Waals surface area contributed by atoms with E-state index < -0.39 is 0 Å². The maximum Gasteiger partial charge on any atom is 0.227 e. The molecule has 0 aromatic carbocycles. The monoisotopic (exact) mass is 371 g/mol. The van der Waals surface area contributed by atoms with Gasteiger partial charge in [-0.1, -0.05) is 0 Å². The highest BCUT2D eigenvalue weighted by Crippen LogP contribution is 2.20. The maximum atomic E-state index is 5.40. The Kier molecular flexibility index (Phi) is 5.47. The molecule has 2 aliphatic rings. The zero-order valence-corrected chi connectivity index (χ0v) is 15.5. The van der Waals surface area contributed by atoms with E-state index in [1.165, 1.54) is 0 Å². The van der Waals surface area contributed by atoms with Crippen molar-refractivity contribution in [3.63, 3.8) is 0 Å². The molecule has 9 nitrogen and oxygen atoms in total. The summed E-state index contributed by atoms with van der Waals surface area (Å²) in [7, 11) is 1.62. The van der Waals surface area contributed by atoms with Crippen LogP contribution in [-0.4, -0.2) is 72.5 Å². The summed E-state index contributed by atoms with van der Waals surface area (Å²) in [4.78, 5) is 22.3. The van der Waals surface area contributed by atoms with Gasteiger partial charge in [-0.2, -0.15) is 4.98 Å². The summed E-state index contributed by atoms with van der Waals surface area (Å²) >= 11 is 0. The molecule has 0 aliphatic carbocycles. The van der Waals surface area contributed by atoms with Crippen LogP contribution in [0.15, 0.2) is 24.7 Å². The third-order valence-electron chi connectivity index (χ3n) is 4.84. The van der Waals surface area contributed by atoms with Gasteiger partial charge in [0.05, 0.1) is 32.7 Å². The van der Waals surface area contributed by atoms with Gasteiger partial charge < -0.3 is 24.6 Å². The van der Waals surface area contributed by atoms with Crippen molar-refractivity contribution in [2.75, 3.05) is 61.6 Å². The number of methoxy groups -OCH3 is 1. The molecule has 4 rings (SSSR count). The predicted octanol–water partition coefficient (Wildman–Crippen LogP) is 1.19. The molecule has 2 aromatic heterocycles. The molecule has 9 heteroatoms. The number of aromatic nitrogens is 4. The van der Waals surface area contributed by atoms with Crippen LogP contribution in [0.4, 0.5) is 17.7 Å². The molecule has 4 heterocycles. The van der Waals surface area contributed by atoms with Gasteiger partial charge in [0.15, 0.2) is 5.75 Å². The summed E-state index contributed by atoms with van der Waals surface area (Å²) in [5.74, 6) is 3.02. The molecule has 0 saturated carbocycles. The van der Waals surface area contributed by atoms with Gasteiger partial charge in [0.25, 0.3) is 0 Å². The smallest absolute Gasteiger partial charge is 0.227 e. The Morgan fingerprint density at radius 2 is 1.89 bits per heavy atom. The molecule has 2 aromatic rings. The Bertz CT molecular complexity index is 737. The van der Waals surface area contributed by atoms with E-state index in [1.807, 2.05) is 12.3 Å². The van der Waals surface area contributed by atoms with Crippen molar-refractivity contribution >= 4 is 17.7 Å². The van der Waals surface area contributed by atoms with Crippen LogP contribution >= 0.6 is 0 Å². The fraction of sp³-hybridized carbons (Fsp3) is 0.556. The quantitative estimate of drug-likeness (QED) is 0.832. The number of hydrogen-bond acceptors (Lipinski definition) is 9. The van der Waals surface area contributed by atoms with Crippen molar-refractivity contribution in [3.8, 4) is 5.75 Å². The first kappa shape index (κ1) is 17.7. The van der Waals surface area contributed by atoms with Crippen molar-refractivity contribution in [2.24, 2.45) is 0 Å². The molecule has 0 radical (unpaired) electrons. The molecule has 1 N–H and O–H groups in total. The van der Waals surface area contributed by atoms with Gasteiger partial charge in [-0.3, -0.25) is 0 Å².